The van der Waals surface area contributed by atoms with Gasteiger partial charge in [-0.15, -0.1) is 0 Å². The van der Waals surface area contributed by atoms with Crippen LogP contribution in [-0.2, 0) is 12.8 Å². The van der Waals surface area contributed by atoms with Crippen LogP contribution in [0.2, 0.25) is 0 Å². The lowest BCUT2D eigenvalue weighted by Crippen LogP contribution is -2.37. The lowest BCUT2D eigenvalue weighted by Gasteiger charge is -2.33. The molecule has 0 spiro atoms. The zero-order chi connectivity index (χ0) is 11.7. The van der Waals surface area contributed by atoms with Crippen LogP contribution in [0.15, 0.2) is 12.1 Å². The van der Waals surface area contributed by atoms with E-state index in [0.29, 0.717) is 12.5 Å². The Bertz CT molecular complexity index is 405. The minimum Gasteiger partial charge on any atom is -0.396 e. The predicted octanol–water partition coefficient (Wildman–Crippen LogP) is 1.78. The summed E-state index contributed by atoms with van der Waals surface area (Å²) in [6.45, 7) is 2.35. The van der Waals surface area contributed by atoms with Crippen LogP contribution in [-0.4, -0.2) is 29.8 Å². The highest BCUT2D eigenvalue weighted by Gasteiger charge is 2.21. The van der Waals surface area contributed by atoms with Gasteiger partial charge >= 0.3 is 0 Å². The summed E-state index contributed by atoms with van der Waals surface area (Å²) in [6, 6.07) is 4.40. The highest BCUT2D eigenvalue weighted by Crippen LogP contribution is 2.26. The molecule has 1 saturated heterocycles. The maximum atomic E-state index is 9.26. The van der Waals surface area contributed by atoms with Crippen LogP contribution in [0.5, 0.6) is 0 Å². The van der Waals surface area contributed by atoms with Crippen molar-refractivity contribution in [2.75, 3.05) is 24.6 Å². The van der Waals surface area contributed by atoms with Gasteiger partial charge in [0.2, 0.25) is 0 Å². The number of anilines is 1. The molecule has 3 rings (SSSR count). The van der Waals surface area contributed by atoms with Crippen molar-refractivity contribution in [1.29, 1.82) is 0 Å². The molecular weight excluding hydrogens is 212 g/mol. The summed E-state index contributed by atoms with van der Waals surface area (Å²) in [4.78, 5) is 7.13. The highest BCUT2D eigenvalue weighted by molar-refractivity contribution is 5.43. The van der Waals surface area contributed by atoms with E-state index in [9.17, 15) is 5.11 Å². The van der Waals surface area contributed by atoms with Crippen molar-refractivity contribution in [1.82, 2.24) is 4.98 Å². The van der Waals surface area contributed by atoms with Crippen molar-refractivity contribution in [3.8, 4) is 0 Å². The molecule has 0 saturated carbocycles. The van der Waals surface area contributed by atoms with E-state index < -0.39 is 0 Å². The molecule has 0 amide bonds. The van der Waals surface area contributed by atoms with Crippen LogP contribution < -0.4 is 4.90 Å². The Labute approximate surface area is 102 Å². The molecule has 3 nitrogen and oxygen atoms in total. The third-order valence-electron chi connectivity index (χ3n) is 4.01. The van der Waals surface area contributed by atoms with Gasteiger partial charge in [0.25, 0.3) is 0 Å². The van der Waals surface area contributed by atoms with Gasteiger partial charge in [-0.1, -0.05) is 6.07 Å². The molecule has 2 heterocycles. The molecular formula is C14H20N2O. The smallest absolute Gasteiger partial charge is 0.128 e. The van der Waals surface area contributed by atoms with Gasteiger partial charge in [-0.3, -0.25) is 0 Å². The summed E-state index contributed by atoms with van der Waals surface area (Å²) in [5, 5.41) is 9.26. The fraction of sp³-hybridized carbons (Fsp3) is 0.643. The number of aryl methyl sites for hydroxylation is 2. The highest BCUT2D eigenvalue weighted by atomic mass is 16.3. The minimum absolute atomic E-state index is 0.307. The number of hydrogen-bond acceptors (Lipinski definition) is 3. The molecule has 1 aromatic heterocycles. The first-order chi connectivity index (χ1) is 8.36. The minimum atomic E-state index is 0.307. The second-order valence-corrected chi connectivity index (χ2v) is 5.27. The maximum absolute atomic E-state index is 9.26. The first-order valence-electron chi connectivity index (χ1n) is 6.71. The van der Waals surface area contributed by atoms with E-state index >= 15 is 0 Å². The number of rotatable bonds is 2. The van der Waals surface area contributed by atoms with Crippen molar-refractivity contribution in [2.45, 2.75) is 32.1 Å². The van der Waals surface area contributed by atoms with Gasteiger partial charge in [0, 0.05) is 25.4 Å². The number of fused-ring (bicyclic) bond motifs is 1. The summed E-state index contributed by atoms with van der Waals surface area (Å²) in [6.07, 6.45) is 5.91. The number of hydrogen-bond donors (Lipinski definition) is 1. The number of aromatic nitrogens is 1. The summed E-state index contributed by atoms with van der Waals surface area (Å²) in [5.41, 5.74) is 2.73. The van der Waals surface area contributed by atoms with Gasteiger partial charge in [-0.05, 0) is 49.7 Å². The summed E-state index contributed by atoms with van der Waals surface area (Å²) < 4.78 is 0. The molecule has 1 fully saturated rings. The first-order valence-corrected chi connectivity index (χ1v) is 6.71. The van der Waals surface area contributed by atoms with E-state index in [1.165, 1.54) is 30.5 Å². The zero-order valence-electron chi connectivity index (χ0n) is 10.2. The molecule has 1 aromatic rings. The molecule has 17 heavy (non-hydrogen) atoms. The molecule has 1 atom stereocenters. The number of piperidine rings is 1. The van der Waals surface area contributed by atoms with Gasteiger partial charge in [-0.25, -0.2) is 4.98 Å². The Kier molecular flexibility index (Phi) is 3.02. The van der Waals surface area contributed by atoms with Crippen LogP contribution in [0.3, 0.4) is 0 Å². The van der Waals surface area contributed by atoms with E-state index in [4.69, 9.17) is 4.98 Å². The van der Waals surface area contributed by atoms with Crippen LogP contribution >= 0.6 is 0 Å². The Morgan fingerprint density at radius 1 is 1.29 bits per heavy atom. The van der Waals surface area contributed by atoms with Crippen molar-refractivity contribution in [3.05, 3.63) is 23.4 Å². The van der Waals surface area contributed by atoms with E-state index in [0.717, 1.165) is 31.7 Å². The summed E-state index contributed by atoms with van der Waals surface area (Å²) in [5.74, 6) is 1.54. The Morgan fingerprint density at radius 3 is 3.12 bits per heavy atom. The van der Waals surface area contributed by atoms with Crippen molar-refractivity contribution >= 4 is 5.82 Å². The molecule has 1 aliphatic heterocycles. The molecule has 92 valence electrons. The number of nitrogens with zero attached hydrogens (tertiary/aromatic N) is 2. The van der Waals surface area contributed by atoms with Crippen molar-refractivity contribution in [2.24, 2.45) is 5.92 Å². The molecule has 0 bridgehead atoms. The van der Waals surface area contributed by atoms with Crippen LogP contribution in [0.1, 0.15) is 30.5 Å². The largest absolute Gasteiger partial charge is 0.396 e. The number of aliphatic hydroxyl groups excluding tert-OH is 1. The monoisotopic (exact) mass is 232 g/mol. The fourth-order valence-corrected chi connectivity index (χ4v) is 3.01. The van der Waals surface area contributed by atoms with Gasteiger partial charge in [0.1, 0.15) is 5.82 Å². The lowest BCUT2D eigenvalue weighted by atomic mass is 9.99. The van der Waals surface area contributed by atoms with E-state index in [2.05, 4.69) is 17.0 Å². The van der Waals surface area contributed by atoms with Crippen LogP contribution in [0.25, 0.3) is 0 Å². The summed E-state index contributed by atoms with van der Waals surface area (Å²) >= 11 is 0. The molecule has 1 N–H and O–H groups in total. The molecule has 1 unspecified atom stereocenters. The second kappa shape index (κ2) is 4.65. The Hall–Kier alpha value is -1.09. The number of pyridine rings is 1. The van der Waals surface area contributed by atoms with Crippen molar-refractivity contribution < 1.29 is 5.11 Å². The standard InChI is InChI=1S/C14H20N2O/c17-10-11-3-2-8-16(9-11)14-7-6-12-4-1-5-13(12)15-14/h6-7,11,17H,1-5,8-10H2. The quantitative estimate of drug-likeness (QED) is 0.844. The van der Waals surface area contributed by atoms with Gasteiger partial charge < -0.3 is 10.0 Å². The summed E-state index contributed by atoms with van der Waals surface area (Å²) in [7, 11) is 0. The third kappa shape index (κ3) is 2.16. The number of aliphatic hydroxyl groups is 1. The van der Waals surface area contributed by atoms with E-state index in [1.54, 1.807) is 0 Å². The normalized spacial score (nSPS) is 23.8. The molecule has 2 aliphatic rings. The molecule has 0 aromatic carbocycles. The maximum Gasteiger partial charge on any atom is 0.128 e. The Morgan fingerprint density at radius 2 is 2.24 bits per heavy atom. The average molecular weight is 232 g/mol. The molecule has 3 heteroatoms. The van der Waals surface area contributed by atoms with E-state index in [1.807, 2.05) is 0 Å². The Balaban J connectivity index is 1.79. The van der Waals surface area contributed by atoms with E-state index in [-0.39, 0.29) is 0 Å². The van der Waals surface area contributed by atoms with Gasteiger partial charge in [0.05, 0.1) is 0 Å². The molecule has 1 aliphatic carbocycles. The fourth-order valence-electron chi connectivity index (χ4n) is 3.01. The first kappa shape index (κ1) is 11.0. The van der Waals surface area contributed by atoms with Crippen LogP contribution in [0, 0.1) is 5.92 Å². The predicted molar refractivity (Wildman–Crippen MR) is 68.3 cm³/mol. The molecule has 0 radical (unpaired) electrons. The van der Waals surface area contributed by atoms with Gasteiger partial charge in [0.15, 0.2) is 0 Å². The topological polar surface area (TPSA) is 36.4 Å². The van der Waals surface area contributed by atoms with Gasteiger partial charge in [-0.2, -0.15) is 0 Å². The van der Waals surface area contributed by atoms with Crippen molar-refractivity contribution in [3.63, 3.8) is 0 Å². The lowest BCUT2D eigenvalue weighted by molar-refractivity contribution is 0.208. The average Bonchev–Trinajstić information content (AvgIpc) is 2.86. The van der Waals surface area contributed by atoms with Crippen LogP contribution in [0.4, 0.5) is 5.82 Å². The zero-order valence-corrected chi connectivity index (χ0v) is 10.2. The third-order valence-corrected chi connectivity index (χ3v) is 4.01. The SMILES string of the molecule is OCC1CCCN(c2ccc3c(n2)CCC3)C1. The second-order valence-electron chi connectivity index (χ2n) is 5.27.